The Kier molecular flexibility index (Phi) is 5.49. The molecule has 1 aromatic heterocycles. The fraction of sp³-hybridized carbons (Fsp3) is 0.333. The lowest BCUT2D eigenvalue weighted by Gasteiger charge is -2.20. The molecule has 1 N–H and O–H groups in total. The number of hydrogen-bond acceptors (Lipinski definition) is 3. The van der Waals surface area contributed by atoms with Gasteiger partial charge in [-0.3, -0.25) is 14.3 Å². The quantitative estimate of drug-likeness (QED) is 0.694. The lowest BCUT2D eigenvalue weighted by Crippen LogP contribution is -2.37. The summed E-state index contributed by atoms with van der Waals surface area (Å²) in [6, 6.07) is 18.2. The molecule has 5 heteroatoms. The lowest BCUT2D eigenvalue weighted by atomic mass is 9.98. The number of nitrogens with zero attached hydrogens (tertiary/aromatic N) is 1. The number of fused-ring (bicyclic) bond motifs is 1. The Bertz CT molecular complexity index is 1110. The van der Waals surface area contributed by atoms with E-state index in [9.17, 15) is 9.59 Å². The Hall–Kier alpha value is -2.92. The van der Waals surface area contributed by atoms with Gasteiger partial charge >= 0.3 is 5.69 Å². The van der Waals surface area contributed by atoms with Crippen molar-refractivity contribution in [1.82, 2.24) is 9.55 Å². The molecule has 0 spiro atoms. The molecule has 0 radical (unpaired) electrons. The zero-order valence-corrected chi connectivity index (χ0v) is 16.9. The summed E-state index contributed by atoms with van der Waals surface area (Å²) in [5, 5.41) is 0. The van der Waals surface area contributed by atoms with Crippen molar-refractivity contribution in [3.8, 4) is 0 Å². The van der Waals surface area contributed by atoms with Crippen molar-refractivity contribution in [2.45, 2.75) is 51.9 Å². The average molecular weight is 390 g/mol. The summed E-state index contributed by atoms with van der Waals surface area (Å²) in [4.78, 5) is 27.7. The highest BCUT2D eigenvalue weighted by atomic mass is 16.5. The first kappa shape index (κ1) is 19.4. The Balaban J connectivity index is 1.70. The molecule has 2 aromatic carbocycles. The minimum absolute atomic E-state index is 0.00322. The third kappa shape index (κ3) is 3.96. The van der Waals surface area contributed by atoms with Crippen LogP contribution < -0.4 is 11.2 Å². The summed E-state index contributed by atoms with van der Waals surface area (Å²) in [7, 11) is 0. The highest BCUT2D eigenvalue weighted by Crippen LogP contribution is 2.34. The highest BCUT2D eigenvalue weighted by Gasteiger charge is 2.24. The van der Waals surface area contributed by atoms with Gasteiger partial charge < -0.3 is 4.74 Å². The number of benzene rings is 2. The second-order valence-electron chi connectivity index (χ2n) is 7.89. The molecule has 29 heavy (non-hydrogen) atoms. The first-order chi connectivity index (χ1) is 14.0. The van der Waals surface area contributed by atoms with Crippen molar-refractivity contribution in [3.63, 3.8) is 0 Å². The minimum Gasteiger partial charge on any atom is -0.353 e. The summed E-state index contributed by atoms with van der Waals surface area (Å²) >= 11 is 0. The van der Waals surface area contributed by atoms with Crippen molar-refractivity contribution >= 4 is 0 Å². The van der Waals surface area contributed by atoms with Crippen LogP contribution >= 0.6 is 0 Å². The van der Waals surface area contributed by atoms with Gasteiger partial charge in [-0.25, -0.2) is 4.79 Å². The van der Waals surface area contributed by atoms with Crippen molar-refractivity contribution in [2.24, 2.45) is 0 Å². The molecule has 0 saturated heterocycles. The predicted octanol–water partition coefficient (Wildman–Crippen LogP) is 3.91. The molecule has 1 unspecified atom stereocenters. The average Bonchev–Trinajstić information content (AvgIpc) is 3.11. The molecule has 0 amide bonds. The number of hydrogen-bond donors (Lipinski definition) is 1. The number of H-pyrrole nitrogens is 1. The Morgan fingerprint density at radius 2 is 1.79 bits per heavy atom. The molecule has 0 fully saturated rings. The molecule has 1 heterocycles. The van der Waals surface area contributed by atoms with Gasteiger partial charge in [0.05, 0.1) is 6.10 Å². The fourth-order valence-corrected chi connectivity index (χ4v) is 4.20. The van der Waals surface area contributed by atoms with E-state index in [0.717, 1.165) is 24.1 Å². The molecule has 4 rings (SSSR count). The monoisotopic (exact) mass is 390 g/mol. The number of ether oxygens (including phenoxy) is 1. The van der Waals surface area contributed by atoms with Crippen molar-refractivity contribution in [3.05, 3.63) is 103 Å². The van der Waals surface area contributed by atoms with Gasteiger partial charge in [-0.05, 0) is 35.4 Å². The third-order valence-electron chi connectivity index (χ3n) is 5.62. The second kappa shape index (κ2) is 8.21. The van der Waals surface area contributed by atoms with Crippen LogP contribution in [0.4, 0.5) is 0 Å². The van der Waals surface area contributed by atoms with Gasteiger partial charge in [0.25, 0.3) is 5.56 Å². The van der Waals surface area contributed by atoms with Gasteiger partial charge in [0.1, 0.15) is 6.73 Å². The second-order valence-corrected chi connectivity index (χ2v) is 7.89. The molecular weight excluding hydrogens is 364 g/mol. The lowest BCUT2D eigenvalue weighted by molar-refractivity contribution is 0.00310. The SMILES string of the molecule is CC(C)c1c(Cc2ccccc2)n(COC2CCc3ccccc32)c(=O)[nH]c1=O. The summed E-state index contributed by atoms with van der Waals surface area (Å²) < 4.78 is 7.78. The molecule has 1 aliphatic rings. The fourth-order valence-electron chi connectivity index (χ4n) is 4.20. The van der Waals surface area contributed by atoms with Crippen LogP contribution in [-0.4, -0.2) is 9.55 Å². The number of aromatic amines is 1. The van der Waals surface area contributed by atoms with Crippen LogP contribution in [0.3, 0.4) is 0 Å². The number of rotatable bonds is 6. The largest absolute Gasteiger partial charge is 0.353 e. The van der Waals surface area contributed by atoms with Gasteiger partial charge in [-0.15, -0.1) is 0 Å². The van der Waals surface area contributed by atoms with Crippen LogP contribution in [0.5, 0.6) is 0 Å². The molecule has 0 saturated carbocycles. The first-order valence-corrected chi connectivity index (χ1v) is 10.1. The number of aromatic nitrogens is 2. The molecule has 0 bridgehead atoms. The zero-order valence-electron chi connectivity index (χ0n) is 16.9. The maximum Gasteiger partial charge on any atom is 0.330 e. The normalized spacial score (nSPS) is 15.6. The first-order valence-electron chi connectivity index (χ1n) is 10.1. The van der Waals surface area contributed by atoms with Crippen LogP contribution in [0.25, 0.3) is 0 Å². The van der Waals surface area contributed by atoms with Crippen molar-refractivity contribution in [1.29, 1.82) is 0 Å². The van der Waals surface area contributed by atoms with E-state index < -0.39 is 5.69 Å². The number of nitrogens with one attached hydrogen (secondary N) is 1. The molecule has 1 atom stereocenters. The van der Waals surface area contributed by atoms with Crippen LogP contribution in [0.15, 0.2) is 64.2 Å². The van der Waals surface area contributed by atoms with Crippen LogP contribution in [0.1, 0.15) is 60.2 Å². The molecule has 0 aliphatic heterocycles. The zero-order chi connectivity index (χ0) is 20.4. The summed E-state index contributed by atoms with van der Waals surface area (Å²) in [5.41, 5.74) is 4.20. The van der Waals surface area contributed by atoms with E-state index in [2.05, 4.69) is 17.1 Å². The molecule has 5 nitrogen and oxygen atoms in total. The highest BCUT2D eigenvalue weighted by molar-refractivity contribution is 5.33. The topological polar surface area (TPSA) is 64.1 Å². The maximum atomic E-state index is 12.7. The van der Waals surface area contributed by atoms with Crippen molar-refractivity contribution < 1.29 is 4.74 Å². The van der Waals surface area contributed by atoms with Crippen LogP contribution in [-0.2, 0) is 24.3 Å². The van der Waals surface area contributed by atoms with E-state index in [1.807, 2.05) is 56.3 Å². The smallest absolute Gasteiger partial charge is 0.330 e. The van der Waals surface area contributed by atoms with E-state index >= 15 is 0 Å². The van der Waals surface area contributed by atoms with E-state index in [4.69, 9.17) is 4.74 Å². The van der Waals surface area contributed by atoms with Gasteiger partial charge in [0.15, 0.2) is 0 Å². The minimum atomic E-state index is -0.420. The van der Waals surface area contributed by atoms with Gasteiger partial charge in [0.2, 0.25) is 0 Å². The van der Waals surface area contributed by atoms with E-state index in [1.165, 1.54) is 11.1 Å². The molecule has 1 aliphatic carbocycles. The molecule has 3 aromatic rings. The summed E-state index contributed by atoms with van der Waals surface area (Å²) in [6.07, 6.45) is 2.37. The number of aryl methyl sites for hydroxylation is 1. The van der Waals surface area contributed by atoms with E-state index in [-0.39, 0.29) is 24.3 Å². The Labute approximate surface area is 170 Å². The molecular formula is C24H26N2O3. The third-order valence-corrected chi connectivity index (χ3v) is 5.62. The van der Waals surface area contributed by atoms with Gasteiger partial charge in [-0.2, -0.15) is 0 Å². The Morgan fingerprint density at radius 1 is 1.07 bits per heavy atom. The van der Waals surface area contributed by atoms with Gasteiger partial charge in [-0.1, -0.05) is 68.4 Å². The summed E-state index contributed by atoms with van der Waals surface area (Å²) in [5.74, 6) is -0.00322. The maximum absolute atomic E-state index is 12.7. The van der Waals surface area contributed by atoms with Crippen LogP contribution in [0.2, 0.25) is 0 Å². The van der Waals surface area contributed by atoms with E-state index in [0.29, 0.717) is 12.0 Å². The predicted molar refractivity (Wildman–Crippen MR) is 113 cm³/mol. The van der Waals surface area contributed by atoms with E-state index in [1.54, 1.807) is 4.57 Å². The van der Waals surface area contributed by atoms with Gasteiger partial charge in [0, 0.05) is 17.7 Å². The molecule has 150 valence electrons. The standard InChI is InChI=1S/C24H26N2O3/c1-16(2)22-20(14-17-8-4-3-5-9-17)26(24(28)25-23(22)27)15-29-21-13-12-18-10-6-7-11-19(18)21/h3-11,16,21H,12-15H2,1-2H3,(H,25,27,28). The summed E-state index contributed by atoms with van der Waals surface area (Å²) in [6.45, 7) is 4.07. The van der Waals surface area contributed by atoms with Crippen LogP contribution in [0, 0.1) is 0 Å². The van der Waals surface area contributed by atoms with Crippen molar-refractivity contribution in [2.75, 3.05) is 0 Å². The Morgan fingerprint density at radius 3 is 2.55 bits per heavy atom.